The number of carbonyl (C=O) groups is 4. The average molecular weight is 915 g/mol. The maximum atomic E-state index is 16.5. The van der Waals surface area contributed by atoms with Crippen LogP contribution in [0.2, 0.25) is 0 Å². The molecule has 15 nitrogen and oxygen atoms in total. The Hall–Kier alpha value is -4.49. The second-order valence-corrected chi connectivity index (χ2v) is 22.1. The van der Waals surface area contributed by atoms with Gasteiger partial charge in [0.15, 0.2) is 5.69 Å². The van der Waals surface area contributed by atoms with E-state index in [1.165, 1.54) is 26.2 Å². The van der Waals surface area contributed by atoms with Gasteiger partial charge < -0.3 is 29.7 Å². The molecule has 2 aliphatic heterocycles. The van der Waals surface area contributed by atoms with E-state index >= 15 is 8.78 Å². The quantitative estimate of drug-likeness (QED) is 0.251. The van der Waals surface area contributed by atoms with Gasteiger partial charge in [-0.15, -0.1) is 0 Å². The Morgan fingerprint density at radius 1 is 1.06 bits per heavy atom. The number of ether oxygens (including phenoxy) is 3. The highest BCUT2D eigenvalue weighted by Crippen LogP contribution is 2.62. The third-order valence-electron chi connectivity index (χ3n) is 14.5. The molecule has 8 rings (SSSR count). The molecular weight excluding hydrogens is 853 g/mol. The molecule has 5 fully saturated rings. The van der Waals surface area contributed by atoms with Crippen LogP contribution in [-0.2, 0) is 35.1 Å². The standard InChI is InChI=1S/C43H56F4N6O9S.3H2/c1-21-26-18-30-25(32(21)26)9-7-8-12-43(46,47)33-36(49-28-16-23(60-6)10-11-27(28)48-33)61-24-17-29(53(20-24)37(55)34(40(2,3)4)50-39(57)62-30)35(54)51-42(19-22(42)15-31(44)45)38(56)52-63(58,59)41(5)13-14-41;;;/h10-11,16,21-22,24-26,29-32,34H,7-9,12-15,17-20H2,1-6H3,(H,50,57)(H,51,54)(H,52,56);3*1H/t21?,22-,24-,25+,26-,29+,30-,32-,34-,42-;;;/m1.../s1. The van der Waals surface area contributed by atoms with Crippen LogP contribution in [0.1, 0.15) is 109 Å². The van der Waals surface area contributed by atoms with Crippen LogP contribution >= 0.6 is 0 Å². The van der Waals surface area contributed by atoms with Crippen molar-refractivity contribution in [1.82, 2.24) is 30.2 Å². The number of sulfonamides is 1. The first-order valence-electron chi connectivity index (χ1n) is 21.8. The van der Waals surface area contributed by atoms with Crippen LogP contribution in [0.15, 0.2) is 18.2 Å². The molecule has 1 aromatic carbocycles. The number of fused-ring (bicyclic) bond motifs is 7. The molecule has 4 aliphatic carbocycles. The van der Waals surface area contributed by atoms with Crippen LogP contribution in [0.25, 0.3) is 11.0 Å². The van der Waals surface area contributed by atoms with E-state index in [1.54, 1.807) is 26.8 Å². The lowest BCUT2D eigenvalue weighted by atomic mass is 9.85. The van der Waals surface area contributed by atoms with Crippen molar-refractivity contribution < 1.29 is 63.6 Å². The van der Waals surface area contributed by atoms with Gasteiger partial charge in [-0.1, -0.05) is 34.1 Å². The molecule has 3 N–H and O–H groups in total. The highest BCUT2D eigenvalue weighted by molar-refractivity contribution is 7.91. The highest BCUT2D eigenvalue weighted by atomic mass is 32.2. The number of alkyl halides is 4. The number of amides is 4. The number of nitrogens with zero attached hydrogens (tertiary/aromatic N) is 3. The number of rotatable bonds is 8. The lowest BCUT2D eigenvalue weighted by molar-refractivity contribution is -0.143. The van der Waals surface area contributed by atoms with Crippen molar-refractivity contribution in [3.8, 4) is 11.6 Å². The number of carbonyl (C=O) groups excluding carboxylic acids is 4. The molecule has 0 radical (unpaired) electrons. The molecular formula is C43H62F4N6O9S. The molecule has 63 heavy (non-hydrogen) atoms. The summed E-state index contributed by atoms with van der Waals surface area (Å²) in [6.07, 6.45) is -5.32. The minimum Gasteiger partial charge on any atom is -0.497 e. The number of nitrogens with one attached hydrogen (secondary N) is 3. The van der Waals surface area contributed by atoms with E-state index in [9.17, 15) is 36.4 Å². The fourth-order valence-electron chi connectivity index (χ4n) is 10.2. The zero-order chi connectivity index (χ0) is 45.6. The van der Waals surface area contributed by atoms with Gasteiger partial charge in [-0.25, -0.2) is 32.0 Å². The second kappa shape index (κ2) is 15.9. The van der Waals surface area contributed by atoms with E-state index < -0.39 is 123 Å². The summed E-state index contributed by atoms with van der Waals surface area (Å²) in [6.45, 7) is 8.25. The molecule has 3 heterocycles. The average Bonchev–Trinajstić information content (AvgIpc) is 4.13. The zero-order valence-electron chi connectivity index (χ0n) is 36.2. The molecule has 1 aromatic heterocycles. The zero-order valence-corrected chi connectivity index (χ0v) is 37.0. The molecule has 0 spiro atoms. The van der Waals surface area contributed by atoms with Crippen molar-refractivity contribution in [3.63, 3.8) is 0 Å². The van der Waals surface area contributed by atoms with E-state index in [0.717, 1.165) is 4.90 Å². The first-order valence-corrected chi connectivity index (χ1v) is 23.3. The monoisotopic (exact) mass is 914 g/mol. The maximum absolute atomic E-state index is 16.5. The van der Waals surface area contributed by atoms with Crippen LogP contribution in [0.3, 0.4) is 0 Å². The molecule has 10 atom stereocenters. The Bertz CT molecular complexity index is 2310. The molecule has 2 aromatic rings. The topological polar surface area (TPSA) is 195 Å². The predicted molar refractivity (Wildman–Crippen MR) is 225 cm³/mol. The number of aromatic nitrogens is 2. The second-order valence-electron chi connectivity index (χ2n) is 19.9. The molecule has 1 unspecified atom stereocenters. The largest absolute Gasteiger partial charge is 0.497 e. The van der Waals surface area contributed by atoms with Crippen LogP contribution in [0.4, 0.5) is 22.4 Å². The fourth-order valence-corrected chi connectivity index (χ4v) is 11.5. The third kappa shape index (κ3) is 8.60. The van der Waals surface area contributed by atoms with Crippen molar-refractivity contribution in [1.29, 1.82) is 0 Å². The van der Waals surface area contributed by atoms with Crippen LogP contribution < -0.4 is 24.8 Å². The Labute approximate surface area is 368 Å². The number of alkyl carbamates (subject to hydrolysis) is 1. The third-order valence-corrected chi connectivity index (χ3v) is 16.6. The summed E-state index contributed by atoms with van der Waals surface area (Å²) < 4.78 is 105. The van der Waals surface area contributed by atoms with Crippen molar-refractivity contribution in [2.45, 2.75) is 146 Å². The van der Waals surface area contributed by atoms with Gasteiger partial charge >= 0.3 is 6.09 Å². The fraction of sp³-hybridized carbons (Fsp3) is 0.721. The van der Waals surface area contributed by atoms with E-state index in [0.29, 0.717) is 36.8 Å². The lowest BCUT2D eigenvalue weighted by Crippen LogP contribution is -2.60. The molecule has 2 bridgehead atoms. The summed E-state index contributed by atoms with van der Waals surface area (Å²) in [6, 6.07) is 1.72. The molecule has 1 saturated heterocycles. The Morgan fingerprint density at radius 3 is 2.46 bits per heavy atom. The first-order chi connectivity index (χ1) is 29.5. The summed E-state index contributed by atoms with van der Waals surface area (Å²) in [7, 11) is -2.82. The number of hydrogen-bond donors (Lipinski definition) is 3. The van der Waals surface area contributed by atoms with Gasteiger partial charge in [0.25, 0.3) is 11.8 Å². The molecule has 4 amide bonds. The first kappa shape index (κ1) is 45.1. The van der Waals surface area contributed by atoms with Gasteiger partial charge in [-0.3, -0.25) is 19.1 Å². The number of benzene rings is 1. The van der Waals surface area contributed by atoms with Gasteiger partial charge in [0, 0.05) is 29.6 Å². The van der Waals surface area contributed by atoms with Gasteiger partial charge in [-0.05, 0) is 92.6 Å². The summed E-state index contributed by atoms with van der Waals surface area (Å²) in [5.41, 5.74) is -3.48. The van der Waals surface area contributed by atoms with Gasteiger partial charge in [0.1, 0.15) is 35.6 Å². The number of hydrogen-bond acceptors (Lipinski definition) is 11. The summed E-state index contributed by atoms with van der Waals surface area (Å²) in [4.78, 5) is 66.8. The smallest absolute Gasteiger partial charge is 0.408 e. The summed E-state index contributed by atoms with van der Waals surface area (Å²) >= 11 is 0. The number of methoxy groups -OCH3 is 1. The van der Waals surface area contributed by atoms with E-state index in [-0.39, 0.29) is 59.3 Å². The van der Waals surface area contributed by atoms with Crippen molar-refractivity contribution in [2.75, 3.05) is 13.7 Å². The van der Waals surface area contributed by atoms with Gasteiger partial charge in [-0.2, -0.15) is 8.78 Å². The van der Waals surface area contributed by atoms with Crippen molar-refractivity contribution in [2.24, 2.45) is 35.0 Å². The van der Waals surface area contributed by atoms with E-state index in [2.05, 4.69) is 27.5 Å². The number of halogens is 4. The Kier molecular flexibility index (Phi) is 11.4. The van der Waals surface area contributed by atoms with E-state index in [1.807, 2.05) is 4.72 Å². The summed E-state index contributed by atoms with van der Waals surface area (Å²) in [5, 5.41) is 5.28. The molecule has 4 saturated carbocycles. The maximum Gasteiger partial charge on any atom is 0.408 e. The van der Waals surface area contributed by atoms with Gasteiger partial charge in [0.2, 0.25) is 34.1 Å². The Morgan fingerprint density at radius 2 is 1.79 bits per heavy atom. The molecule has 352 valence electrons. The van der Waals surface area contributed by atoms with E-state index in [4.69, 9.17) is 14.2 Å². The van der Waals surface area contributed by atoms with Crippen molar-refractivity contribution in [3.05, 3.63) is 23.9 Å². The van der Waals surface area contributed by atoms with Crippen LogP contribution in [-0.4, -0.2) is 102 Å². The van der Waals surface area contributed by atoms with Gasteiger partial charge in [0.05, 0.1) is 29.4 Å². The van der Waals surface area contributed by atoms with Crippen molar-refractivity contribution >= 4 is 44.9 Å². The Balaban J connectivity index is 0.00000272. The lowest BCUT2D eigenvalue weighted by Gasteiger charge is -2.36. The summed E-state index contributed by atoms with van der Waals surface area (Å²) in [5.74, 6) is -6.89. The molecule has 6 aliphatic rings. The SMILES string of the molecule is COc1ccc2nc3c(nc2c1)O[C@@H]1C[C@@H](C(=O)N[C@]2(C(=O)NS(=O)(=O)C4(C)CC4)C[C@H]2CC(F)F)N(C1)C(=O)[C@H](C(C)(C)C)NC(=O)O[C@@H]1C[C@@H]2C(C)[C@@H]2[C@H]1CCCCC3(F)F.[HH].[HH].[HH]. The normalized spacial score (nSPS) is 33.6. The van der Waals surface area contributed by atoms with Crippen LogP contribution in [0.5, 0.6) is 11.6 Å². The highest BCUT2D eigenvalue weighted by Gasteiger charge is 2.65. The minimum absolute atomic E-state index is 0. The molecule has 20 heteroatoms. The van der Waals surface area contributed by atoms with Crippen LogP contribution in [0, 0.1) is 35.0 Å². The minimum atomic E-state index is -4.25. The predicted octanol–water partition coefficient (Wildman–Crippen LogP) is 6.33.